The fourth-order valence-electron chi connectivity index (χ4n) is 1.12. The van der Waals surface area contributed by atoms with E-state index < -0.39 is 23.5 Å². The lowest BCUT2D eigenvalue weighted by Crippen LogP contribution is -2.29. The quantitative estimate of drug-likeness (QED) is 0.280. The highest BCUT2D eigenvalue weighted by atomic mass is 16.5. The maximum absolute atomic E-state index is 11.2. The molecule has 2 amide bonds. The van der Waals surface area contributed by atoms with Crippen LogP contribution in [-0.4, -0.2) is 27.9 Å². The van der Waals surface area contributed by atoms with E-state index in [0.29, 0.717) is 0 Å². The van der Waals surface area contributed by atoms with E-state index in [9.17, 15) is 14.4 Å². The van der Waals surface area contributed by atoms with Crippen LogP contribution in [0.3, 0.4) is 0 Å². The van der Waals surface area contributed by atoms with Gasteiger partial charge in [-0.2, -0.15) is 5.06 Å². The predicted octanol–water partition coefficient (Wildman–Crippen LogP) is -0.104. The second kappa shape index (κ2) is 3.10. The van der Waals surface area contributed by atoms with Gasteiger partial charge in [-0.3, -0.25) is 19.6 Å². The van der Waals surface area contributed by atoms with Crippen LogP contribution in [0.25, 0.3) is 0 Å². The summed E-state index contributed by atoms with van der Waals surface area (Å²) in [6.45, 7) is 4.83. The van der Waals surface area contributed by atoms with Crippen molar-refractivity contribution in [2.75, 3.05) is 0 Å². The smallest absolute Gasteiger partial charge is 0.264 e. The summed E-state index contributed by atoms with van der Waals surface area (Å²) in [6.07, 6.45) is -0.263. The van der Waals surface area contributed by atoms with Crippen LogP contribution in [0.2, 0.25) is 0 Å². The minimum atomic E-state index is -1.07. The lowest BCUT2D eigenvalue weighted by Gasteiger charge is -2.05. The number of rotatable bonds is 2. The van der Waals surface area contributed by atoms with E-state index in [4.69, 9.17) is 5.21 Å². The number of hydrogen-bond donors (Lipinski definition) is 1. The lowest BCUT2D eigenvalue weighted by atomic mass is 9.98. The van der Waals surface area contributed by atoms with E-state index in [2.05, 4.69) is 6.58 Å². The van der Waals surface area contributed by atoms with Crippen molar-refractivity contribution in [3.8, 4) is 0 Å². The van der Waals surface area contributed by atoms with Gasteiger partial charge in [0.25, 0.3) is 11.8 Å². The van der Waals surface area contributed by atoms with Crippen molar-refractivity contribution in [3.63, 3.8) is 0 Å². The topological polar surface area (TPSA) is 74.7 Å². The molecule has 1 aliphatic heterocycles. The number of imide groups is 1. The van der Waals surface area contributed by atoms with Gasteiger partial charge < -0.3 is 0 Å². The Balaban J connectivity index is 2.86. The molecule has 5 nitrogen and oxygen atoms in total. The van der Waals surface area contributed by atoms with Crippen LogP contribution in [-0.2, 0) is 14.4 Å². The largest absolute Gasteiger partial charge is 0.294 e. The summed E-state index contributed by atoms with van der Waals surface area (Å²) in [5.41, 5.74) is 0.210. The van der Waals surface area contributed by atoms with Gasteiger partial charge in [-0.25, -0.2) is 0 Å². The fourth-order valence-corrected chi connectivity index (χ4v) is 1.12. The number of nitrogens with zero attached hydrogens (tertiary/aromatic N) is 1. The molecule has 1 heterocycles. The first-order valence-corrected chi connectivity index (χ1v) is 3.70. The van der Waals surface area contributed by atoms with E-state index in [1.807, 2.05) is 0 Å². The second-order valence-corrected chi connectivity index (χ2v) is 2.95. The van der Waals surface area contributed by atoms with Crippen LogP contribution in [0.1, 0.15) is 13.3 Å². The Morgan fingerprint density at radius 2 is 2.15 bits per heavy atom. The molecular formula is C8H9NO4. The normalized spacial score (nSPS) is 22.3. The van der Waals surface area contributed by atoms with Crippen molar-refractivity contribution in [2.24, 2.45) is 5.92 Å². The Morgan fingerprint density at radius 3 is 2.46 bits per heavy atom. The standard InChI is InChI=1S/C8H9NO4/c1-4(2)7(11)5-3-6(10)9(13)8(5)12/h5,13H,1,3H2,2H3. The van der Waals surface area contributed by atoms with E-state index in [-0.39, 0.29) is 17.1 Å². The fraction of sp³-hybridized carbons (Fsp3) is 0.375. The van der Waals surface area contributed by atoms with Crippen molar-refractivity contribution in [1.29, 1.82) is 0 Å². The molecule has 1 aliphatic rings. The van der Waals surface area contributed by atoms with Gasteiger partial charge in [-0.05, 0) is 12.5 Å². The van der Waals surface area contributed by atoms with Gasteiger partial charge >= 0.3 is 0 Å². The van der Waals surface area contributed by atoms with E-state index in [0.717, 1.165) is 0 Å². The monoisotopic (exact) mass is 183 g/mol. The summed E-state index contributed by atoms with van der Waals surface area (Å²) in [6, 6.07) is 0. The summed E-state index contributed by atoms with van der Waals surface area (Å²) in [7, 11) is 0. The Kier molecular flexibility index (Phi) is 2.29. The van der Waals surface area contributed by atoms with Gasteiger partial charge in [0.1, 0.15) is 5.92 Å². The van der Waals surface area contributed by atoms with E-state index >= 15 is 0 Å². The third-order valence-corrected chi connectivity index (χ3v) is 1.86. The minimum Gasteiger partial charge on any atom is -0.294 e. The van der Waals surface area contributed by atoms with Crippen molar-refractivity contribution in [1.82, 2.24) is 5.06 Å². The van der Waals surface area contributed by atoms with Crippen LogP contribution >= 0.6 is 0 Å². The van der Waals surface area contributed by atoms with Crippen LogP contribution < -0.4 is 0 Å². The Labute approximate surface area is 74.6 Å². The van der Waals surface area contributed by atoms with Gasteiger partial charge in [-0.1, -0.05) is 6.58 Å². The van der Waals surface area contributed by atoms with Gasteiger partial charge in [0.2, 0.25) is 0 Å². The number of carbonyl (C=O) groups excluding carboxylic acids is 3. The summed E-state index contributed by atoms with van der Waals surface area (Å²) >= 11 is 0. The number of allylic oxidation sites excluding steroid dienone is 1. The molecule has 1 saturated heterocycles. The summed E-state index contributed by atoms with van der Waals surface area (Å²) < 4.78 is 0. The van der Waals surface area contributed by atoms with E-state index in [1.54, 1.807) is 0 Å². The van der Waals surface area contributed by atoms with Crippen molar-refractivity contribution >= 4 is 17.6 Å². The molecule has 1 atom stereocenters. The SMILES string of the molecule is C=C(C)C(=O)C1CC(=O)N(O)C1=O. The zero-order valence-electron chi connectivity index (χ0n) is 7.11. The first-order chi connectivity index (χ1) is 5.95. The number of hydrogen-bond acceptors (Lipinski definition) is 4. The molecule has 1 rings (SSSR count). The lowest BCUT2D eigenvalue weighted by molar-refractivity contribution is -0.172. The second-order valence-electron chi connectivity index (χ2n) is 2.95. The highest BCUT2D eigenvalue weighted by Gasteiger charge is 2.42. The third-order valence-electron chi connectivity index (χ3n) is 1.86. The molecule has 0 radical (unpaired) electrons. The number of amides is 2. The van der Waals surface area contributed by atoms with Crippen molar-refractivity contribution in [3.05, 3.63) is 12.2 Å². The zero-order chi connectivity index (χ0) is 10.2. The van der Waals surface area contributed by atoms with Crippen molar-refractivity contribution in [2.45, 2.75) is 13.3 Å². The van der Waals surface area contributed by atoms with Crippen LogP contribution in [0.4, 0.5) is 0 Å². The maximum Gasteiger partial charge on any atom is 0.264 e. The van der Waals surface area contributed by atoms with Crippen LogP contribution in [0, 0.1) is 5.92 Å². The molecule has 0 bridgehead atoms. The Bertz CT molecular complexity index is 307. The first-order valence-electron chi connectivity index (χ1n) is 3.70. The van der Waals surface area contributed by atoms with Crippen LogP contribution in [0.15, 0.2) is 12.2 Å². The summed E-state index contributed by atoms with van der Waals surface area (Å²) in [5.74, 6) is -3.17. The molecule has 0 aliphatic carbocycles. The zero-order valence-corrected chi connectivity index (χ0v) is 7.11. The number of Topliss-reactive ketones (excluding diaryl/α,β-unsaturated/α-hetero) is 1. The van der Waals surface area contributed by atoms with Gasteiger partial charge in [0.15, 0.2) is 5.78 Å². The highest BCUT2D eigenvalue weighted by molar-refractivity contribution is 6.17. The average molecular weight is 183 g/mol. The minimum absolute atomic E-state index is 0.00843. The Hall–Kier alpha value is -1.49. The molecule has 0 aromatic rings. The summed E-state index contributed by atoms with van der Waals surface area (Å²) in [5, 5.41) is 8.81. The molecule has 1 fully saturated rings. The van der Waals surface area contributed by atoms with Gasteiger partial charge in [0, 0.05) is 6.42 Å². The molecule has 1 unspecified atom stereocenters. The first kappa shape index (κ1) is 9.60. The molecule has 70 valence electrons. The van der Waals surface area contributed by atoms with Crippen LogP contribution in [0.5, 0.6) is 0 Å². The Morgan fingerprint density at radius 1 is 1.62 bits per heavy atom. The molecule has 13 heavy (non-hydrogen) atoms. The third kappa shape index (κ3) is 1.50. The molecule has 5 heteroatoms. The molecule has 0 spiro atoms. The van der Waals surface area contributed by atoms with Crippen molar-refractivity contribution < 1.29 is 19.6 Å². The van der Waals surface area contributed by atoms with Gasteiger partial charge in [-0.15, -0.1) is 0 Å². The molecule has 0 aromatic carbocycles. The maximum atomic E-state index is 11.2. The molecular weight excluding hydrogens is 174 g/mol. The number of hydroxylamine groups is 2. The number of ketones is 1. The molecule has 0 saturated carbocycles. The highest BCUT2D eigenvalue weighted by Crippen LogP contribution is 2.20. The predicted molar refractivity (Wildman–Crippen MR) is 41.6 cm³/mol. The molecule has 1 N–H and O–H groups in total. The number of carbonyl (C=O) groups is 3. The molecule has 0 aromatic heterocycles. The summed E-state index contributed by atoms with van der Waals surface area (Å²) in [4.78, 5) is 33.1. The van der Waals surface area contributed by atoms with Gasteiger partial charge in [0.05, 0.1) is 0 Å². The average Bonchev–Trinajstić information content (AvgIpc) is 2.31. The van der Waals surface area contributed by atoms with E-state index in [1.165, 1.54) is 6.92 Å².